The van der Waals surface area contributed by atoms with Gasteiger partial charge in [-0.1, -0.05) is 30.3 Å². The van der Waals surface area contributed by atoms with Gasteiger partial charge >= 0.3 is 5.97 Å². The highest BCUT2D eigenvalue weighted by Crippen LogP contribution is 2.27. The number of hydrogen-bond acceptors (Lipinski definition) is 2. The molecule has 0 aliphatic heterocycles. The predicted molar refractivity (Wildman–Crippen MR) is 91.6 cm³/mol. The van der Waals surface area contributed by atoms with E-state index in [9.17, 15) is 9.90 Å². The summed E-state index contributed by atoms with van der Waals surface area (Å²) in [6, 6.07) is 15.1. The number of nitrogens with zero attached hydrogens (tertiary/aromatic N) is 1. The molecule has 0 spiro atoms. The molecule has 3 rings (SSSR count). The molecule has 0 radical (unpaired) electrons. The summed E-state index contributed by atoms with van der Waals surface area (Å²) in [6.45, 7) is 1.94. The van der Waals surface area contributed by atoms with Gasteiger partial charge in [0.25, 0.3) is 0 Å². The van der Waals surface area contributed by atoms with Crippen LogP contribution in [-0.2, 0) is 0 Å². The van der Waals surface area contributed by atoms with Crippen LogP contribution in [0.4, 0.5) is 0 Å². The third-order valence-electron chi connectivity index (χ3n) is 3.41. The number of rotatable bonds is 2. The van der Waals surface area contributed by atoms with Gasteiger partial charge in [0, 0.05) is 14.5 Å². The molecule has 4 heteroatoms. The van der Waals surface area contributed by atoms with E-state index in [1.807, 2.05) is 43.3 Å². The SMILES string of the molecule is Cc1cccc2c(C(=O)O)cc(-c3ccc(I)cc3)nc12. The van der Waals surface area contributed by atoms with Crippen molar-refractivity contribution in [2.45, 2.75) is 6.92 Å². The molecule has 104 valence electrons. The van der Waals surface area contributed by atoms with Crippen LogP contribution in [0.2, 0.25) is 0 Å². The highest BCUT2D eigenvalue weighted by molar-refractivity contribution is 14.1. The van der Waals surface area contributed by atoms with Crippen LogP contribution in [-0.4, -0.2) is 16.1 Å². The summed E-state index contributed by atoms with van der Waals surface area (Å²) in [7, 11) is 0. The summed E-state index contributed by atoms with van der Waals surface area (Å²) in [5.41, 5.74) is 3.61. The number of fused-ring (bicyclic) bond motifs is 1. The van der Waals surface area contributed by atoms with Crippen molar-refractivity contribution in [2.24, 2.45) is 0 Å². The fraction of sp³-hybridized carbons (Fsp3) is 0.0588. The van der Waals surface area contributed by atoms with Crippen molar-refractivity contribution in [2.75, 3.05) is 0 Å². The van der Waals surface area contributed by atoms with Gasteiger partial charge in [-0.3, -0.25) is 0 Å². The second-order valence-corrected chi connectivity index (χ2v) is 6.08. The van der Waals surface area contributed by atoms with Crippen LogP contribution in [0.25, 0.3) is 22.2 Å². The summed E-state index contributed by atoms with van der Waals surface area (Å²) in [5.74, 6) is -0.931. The van der Waals surface area contributed by atoms with Crippen molar-refractivity contribution in [3.05, 3.63) is 63.2 Å². The van der Waals surface area contributed by atoms with Crippen molar-refractivity contribution >= 4 is 39.5 Å². The molecule has 0 fully saturated rings. The molecule has 0 unspecified atom stereocenters. The highest BCUT2D eigenvalue weighted by Gasteiger charge is 2.13. The van der Waals surface area contributed by atoms with Crippen LogP contribution in [0.5, 0.6) is 0 Å². The number of pyridine rings is 1. The lowest BCUT2D eigenvalue weighted by atomic mass is 10.0. The zero-order chi connectivity index (χ0) is 15.0. The van der Waals surface area contributed by atoms with E-state index >= 15 is 0 Å². The van der Waals surface area contributed by atoms with Gasteiger partial charge in [-0.2, -0.15) is 0 Å². The van der Waals surface area contributed by atoms with E-state index < -0.39 is 5.97 Å². The molecule has 0 bridgehead atoms. The Morgan fingerprint density at radius 2 is 1.86 bits per heavy atom. The number of carboxylic acid groups (broad SMARTS) is 1. The topological polar surface area (TPSA) is 50.2 Å². The Bertz CT molecular complexity index is 841. The number of carboxylic acids is 1. The van der Waals surface area contributed by atoms with Gasteiger partial charge in [0.15, 0.2) is 0 Å². The average molecular weight is 389 g/mol. The first-order valence-electron chi connectivity index (χ1n) is 6.46. The lowest BCUT2D eigenvalue weighted by molar-refractivity contribution is 0.0699. The minimum atomic E-state index is -0.931. The zero-order valence-electron chi connectivity index (χ0n) is 11.3. The maximum atomic E-state index is 11.5. The average Bonchev–Trinajstić information content (AvgIpc) is 2.47. The van der Waals surface area contributed by atoms with E-state index in [-0.39, 0.29) is 5.56 Å². The van der Waals surface area contributed by atoms with E-state index in [0.29, 0.717) is 11.1 Å². The molecule has 3 nitrogen and oxygen atoms in total. The number of para-hydroxylation sites is 1. The van der Waals surface area contributed by atoms with Gasteiger partial charge in [0.1, 0.15) is 0 Å². The third kappa shape index (κ3) is 2.63. The molecule has 0 atom stereocenters. The molecule has 21 heavy (non-hydrogen) atoms. The van der Waals surface area contributed by atoms with E-state index in [4.69, 9.17) is 0 Å². The van der Waals surface area contributed by atoms with E-state index in [2.05, 4.69) is 27.6 Å². The van der Waals surface area contributed by atoms with E-state index in [1.165, 1.54) is 0 Å². The molecule has 2 aromatic carbocycles. The number of benzene rings is 2. The van der Waals surface area contributed by atoms with Gasteiger partial charge in [-0.15, -0.1) is 0 Å². The van der Waals surface area contributed by atoms with Gasteiger partial charge in [-0.05, 0) is 53.3 Å². The molecule has 1 aromatic heterocycles. The third-order valence-corrected chi connectivity index (χ3v) is 4.13. The molecular formula is C17H12INO2. The van der Waals surface area contributed by atoms with Crippen molar-refractivity contribution in [3.63, 3.8) is 0 Å². The Kier molecular flexibility index (Phi) is 3.63. The number of aryl methyl sites for hydroxylation is 1. The monoisotopic (exact) mass is 389 g/mol. The standard InChI is InChI=1S/C17H12INO2/c1-10-3-2-4-13-14(17(20)21)9-15(19-16(10)13)11-5-7-12(18)8-6-11/h2-9H,1H3,(H,20,21). The first kappa shape index (κ1) is 14.0. The largest absolute Gasteiger partial charge is 0.478 e. The first-order valence-corrected chi connectivity index (χ1v) is 7.54. The maximum absolute atomic E-state index is 11.5. The normalized spacial score (nSPS) is 10.8. The highest BCUT2D eigenvalue weighted by atomic mass is 127. The minimum absolute atomic E-state index is 0.289. The summed E-state index contributed by atoms with van der Waals surface area (Å²) in [4.78, 5) is 16.2. The summed E-state index contributed by atoms with van der Waals surface area (Å²) in [5, 5.41) is 10.1. The lowest BCUT2D eigenvalue weighted by Crippen LogP contribution is -2.01. The number of aromatic carboxylic acids is 1. The number of carbonyl (C=O) groups is 1. The zero-order valence-corrected chi connectivity index (χ0v) is 13.5. The molecule has 0 aliphatic carbocycles. The van der Waals surface area contributed by atoms with Crippen molar-refractivity contribution < 1.29 is 9.90 Å². The summed E-state index contributed by atoms with van der Waals surface area (Å²) < 4.78 is 1.13. The quantitative estimate of drug-likeness (QED) is 0.656. The van der Waals surface area contributed by atoms with Crippen molar-refractivity contribution in [3.8, 4) is 11.3 Å². The van der Waals surface area contributed by atoms with Crippen LogP contribution in [0.1, 0.15) is 15.9 Å². The summed E-state index contributed by atoms with van der Waals surface area (Å²) >= 11 is 2.24. The van der Waals surface area contributed by atoms with Crippen LogP contribution < -0.4 is 0 Å². The molecule has 1 N–H and O–H groups in total. The maximum Gasteiger partial charge on any atom is 0.336 e. The second kappa shape index (κ2) is 5.44. The van der Waals surface area contributed by atoms with Crippen molar-refractivity contribution in [1.29, 1.82) is 0 Å². The van der Waals surface area contributed by atoms with Crippen LogP contribution in [0.15, 0.2) is 48.5 Å². The molecule has 3 aromatic rings. The van der Waals surface area contributed by atoms with Crippen LogP contribution >= 0.6 is 22.6 Å². The Morgan fingerprint density at radius 3 is 2.52 bits per heavy atom. The lowest BCUT2D eigenvalue weighted by Gasteiger charge is -2.09. The Morgan fingerprint density at radius 1 is 1.14 bits per heavy atom. The fourth-order valence-electron chi connectivity index (χ4n) is 2.34. The van der Waals surface area contributed by atoms with Gasteiger partial charge in [-0.25, -0.2) is 9.78 Å². The minimum Gasteiger partial charge on any atom is -0.478 e. The Labute approximate surface area is 135 Å². The number of halogens is 1. The fourth-order valence-corrected chi connectivity index (χ4v) is 2.70. The Balaban J connectivity index is 2.32. The smallest absolute Gasteiger partial charge is 0.336 e. The number of aromatic nitrogens is 1. The van der Waals surface area contributed by atoms with Gasteiger partial charge in [0.05, 0.1) is 16.8 Å². The molecule has 0 saturated heterocycles. The second-order valence-electron chi connectivity index (χ2n) is 4.84. The summed E-state index contributed by atoms with van der Waals surface area (Å²) in [6.07, 6.45) is 0. The Hall–Kier alpha value is -1.95. The van der Waals surface area contributed by atoms with E-state index in [0.717, 1.165) is 20.2 Å². The molecule has 0 amide bonds. The molecular weight excluding hydrogens is 377 g/mol. The number of hydrogen-bond donors (Lipinski definition) is 1. The van der Waals surface area contributed by atoms with Crippen LogP contribution in [0.3, 0.4) is 0 Å². The molecule has 1 heterocycles. The van der Waals surface area contributed by atoms with E-state index in [1.54, 1.807) is 12.1 Å². The van der Waals surface area contributed by atoms with Crippen LogP contribution in [0, 0.1) is 10.5 Å². The predicted octanol–water partition coefficient (Wildman–Crippen LogP) is 4.51. The van der Waals surface area contributed by atoms with Gasteiger partial charge < -0.3 is 5.11 Å². The van der Waals surface area contributed by atoms with Crippen molar-refractivity contribution in [1.82, 2.24) is 4.98 Å². The van der Waals surface area contributed by atoms with Gasteiger partial charge in [0.2, 0.25) is 0 Å². The first-order chi connectivity index (χ1) is 10.1. The molecule has 0 aliphatic rings. The molecule has 0 saturated carbocycles.